The van der Waals surface area contributed by atoms with Gasteiger partial charge in [0.2, 0.25) is 0 Å². The van der Waals surface area contributed by atoms with Crippen LogP contribution in [0.5, 0.6) is 0 Å². The van der Waals surface area contributed by atoms with Gasteiger partial charge in [0, 0.05) is 0 Å². The van der Waals surface area contributed by atoms with Crippen molar-refractivity contribution in [1.29, 1.82) is 0 Å². The molecule has 0 bridgehead atoms. The van der Waals surface area contributed by atoms with E-state index in [4.69, 9.17) is 23.2 Å². The molecule has 0 aliphatic heterocycles. The second-order valence-electron chi connectivity index (χ2n) is 17.1. The molecule has 5 heteroatoms. The Labute approximate surface area is 342 Å². The van der Waals surface area contributed by atoms with Crippen LogP contribution in [0.25, 0.3) is 0 Å². The van der Waals surface area contributed by atoms with Crippen molar-refractivity contribution in [3.63, 3.8) is 0 Å². The molecule has 9 unspecified atom stereocenters. The van der Waals surface area contributed by atoms with Gasteiger partial charge in [0.15, 0.2) is 0 Å². The van der Waals surface area contributed by atoms with Crippen LogP contribution in [0.4, 0.5) is 0 Å². The first kappa shape index (κ1) is 40.0. The Balaban J connectivity index is 0.00000232. The van der Waals surface area contributed by atoms with Crippen LogP contribution >= 0.6 is 48.0 Å². The Kier molecular flexibility index (Phi) is 10.1. The minimum atomic E-state index is -3.03. The molecular weight excluding hydrogens is 798 g/mol. The van der Waals surface area contributed by atoms with Gasteiger partial charge in [-0.2, -0.15) is 0 Å². The van der Waals surface area contributed by atoms with Crippen molar-refractivity contribution < 1.29 is 21.3 Å². The zero-order valence-corrected chi connectivity index (χ0v) is 37.2. The number of allylic oxidation sites excluding steroid dienone is 16. The minimum Gasteiger partial charge on any atom is -0.147 e. The predicted molar refractivity (Wildman–Crippen MR) is 226 cm³/mol. The summed E-state index contributed by atoms with van der Waals surface area (Å²) in [5.74, 6) is 0.367. The molecule has 2 aromatic carbocycles. The van der Waals surface area contributed by atoms with Gasteiger partial charge in [0.1, 0.15) is 0 Å². The normalized spacial score (nSPS) is 40.0. The van der Waals surface area contributed by atoms with Crippen molar-refractivity contribution in [2.75, 3.05) is 0 Å². The van der Waals surface area contributed by atoms with Gasteiger partial charge >= 0.3 is 321 Å². The van der Waals surface area contributed by atoms with Gasteiger partial charge in [-0.15, -0.1) is 24.8 Å². The van der Waals surface area contributed by atoms with Gasteiger partial charge < -0.3 is 0 Å². The predicted octanol–water partition coefficient (Wildman–Crippen LogP) is 14.1. The molecule has 2 fully saturated rings. The molecule has 0 saturated heterocycles. The second kappa shape index (κ2) is 13.2. The maximum absolute atomic E-state index is 6.60. The van der Waals surface area contributed by atoms with Gasteiger partial charge in [-0.25, -0.2) is 0 Å². The van der Waals surface area contributed by atoms with Crippen LogP contribution in [0.1, 0.15) is 72.9 Å². The first-order valence-corrected chi connectivity index (χ1v) is 23.0. The third kappa shape index (κ3) is 4.53. The molecule has 6 aliphatic carbocycles. The third-order valence-electron chi connectivity index (χ3n) is 16.5. The fourth-order valence-corrected chi connectivity index (χ4v) is 24.6. The average Bonchev–Trinajstić information content (AvgIpc) is 3.69. The molecule has 0 amide bonds. The molecule has 52 heavy (non-hydrogen) atoms. The summed E-state index contributed by atoms with van der Waals surface area (Å²) in [6.07, 6.45) is 35.7. The summed E-state index contributed by atoms with van der Waals surface area (Å²) in [6, 6.07) is 17.5. The molecule has 2 aromatic rings. The number of hydrogen-bond donors (Lipinski definition) is 0. The fourth-order valence-electron chi connectivity index (χ4n) is 13.1. The van der Waals surface area contributed by atoms with Gasteiger partial charge in [-0.1, -0.05) is 0 Å². The van der Waals surface area contributed by atoms with Gasteiger partial charge in [-0.05, 0) is 0 Å². The zero-order valence-electron chi connectivity index (χ0n) is 31.6. The van der Waals surface area contributed by atoms with Crippen LogP contribution in [0.15, 0.2) is 142 Å². The van der Waals surface area contributed by atoms with Crippen molar-refractivity contribution in [1.82, 2.24) is 0 Å². The monoisotopic (exact) mass is 846 g/mol. The molecular formula is C47H52Cl4Zr. The molecule has 9 atom stereocenters. The number of hydrogen-bond acceptors (Lipinski definition) is 0. The smallest absolute Gasteiger partial charge is 0.147 e. The maximum atomic E-state index is 6.60. The van der Waals surface area contributed by atoms with Gasteiger partial charge in [0.25, 0.3) is 0 Å². The average molecular weight is 850 g/mol. The van der Waals surface area contributed by atoms with Crippen molar-refractivity contribution in [3.05, 3.63) is 164 Å². The summed E-state index contributed by atoms with van der Waals surface area (Å²) in [5.41, 5.74) is 3.24. The van der Waals surface area contributed by atoms with E-state index in [1.165, 1.54) is 16.7 Å². The van der Waals surface area contributed by atoms with Crippen LogP contribution in [0.2, 0.25) is 13.7 Å². The summed E-state index contributed by atoms with van der Waals surface area (Å²) in [6.45, 7) is 21.1. The first-order chi connectivity index (χ1) is 23.7. The number of halogens is 4. The molecule has 0 N–H and O–H groups in total. The SMILES string of the molecule is CC1=CC=CC2[CH]([Zr]([C]3=CC=CC3)=[C](c3ccc(Cl)cc3)c3ccc(Cl)cc3)C3(C)C4(C)C=CC=CC4(C)C4(C)C=CC=CC4(C)C3(C)C12C.Cl.Cl. The van der Waals surface area contributed by atoms with Crippen LogP contribution in [0, 0.1) is 43.8 Å². The fraction of sp³-hybridized carbons (Fsp3) is 0.383. The molecule has 0 spiro atoms. The summed E-state index contributed by atoms with van der Waals surface area (Å²) >= 11 is 10.2. The van der Waals surface area contributed by atoms with Crippen LogP contribution in [-0.2, 0) is 21.3 Å². The van der Waals surface area contributed by atoms with E-state index >= 15 is 0 Å². The molecule has 6 aliphatic rings. The molecule has 8 rings (SSSR count). The summed E-state index contributed by atoms with van der Waals surface area (Å²) in [7, 11) is 0. The van der Waals surface area contributed by atoms with E-state index in [-0.39, 0.29) is 62.7 Å². The van der Waals surface area contributed by atoms with E-state index in [2.05, 4.69) is 189 Å². The Morgan fingerprint density at radius 3 is 1.60 bits per heavy atom. The second-order valence-corrected chi connectivity index (χ2v) is 24.4. The Bertz CT molecular complexity index is 2030. The summed E-state index contributed by atoms with van der Waals surface area (Å²) in [5, 5.41) is 1.55. The Morgan fingerprint density at radius 1 is 0.615 bits per heavy atom. The summed E-state index contributed by atoms with van der Waals surface area (Å²) in [4.78, 5) is 0. The molecule has 2 saturated carbocycles. The van der Waals surface area contributed by atoms with Gasteiger partial charge in [0.05, 0.1) is 0 Å². The number of rotatable bonds is 4. The van der Waals surface area contributed by atoms with E-state index in [1.54, 1.807) is 6.49 Å². The van der Waals surface area contributed by atoms with E-state index in [1.807, 2.05) is 0 Å². The Hall–Kier alpha value is -1.73. The maximum Gasteiger partial charge on any atom is -0.147 e. The number of fused-ring (bicyclic) bond motifs is 8. The van der Waals surface area contributed by atoms with E-state index in [0.29, 0.717) is 9.54 Å². The third-order valence-corrected chi connectivity index (χ3v) is 26.2. The van der Waals surface area contributed by atoms with Gasteiger partial charge in [-0.3, -0.25) is 0 Å². The van der Waals surface area contributed by atoms with Crippen LogP contribution in [0.3, 0.4) is 0 Å². The van der Waals surface area contributed by atoms with E-state index < -0.39 is 21.3 Å². The minimum absolute atomic E-state index is 0. The molecule has 0 nitrogen and oxygen atoms in total. The van der Waals surface area contributed by atoms with Crippen molar-refractivity contribution in [3.8, 4) is 0 Å². The molecule has 272 valence electrons. The topological polar surface area (TPSA) is 0 Å². The van der Waals surface area contributed by atoms with E-state index in [0.717, 1.165) is 16.5 Å². The van der Waals surface area contributed by atoms with Crippen molar-refractivity contribution in [2.24, 2.45) is 43.8 Å². The molecule has 0 radical (unpaired) electrons. The Morgan fingerprint density at radius 2 is 1.10 bits per heavy atom. The molecule has 0 aromatic heterocycles. The first-order valence-electron chi connectivity index (χ1n) is 18.4. The van der Waals surface area contributed by atoms with Crippen LogP contribution in [-0.4, -0.2) is 3.21 Å². The molecule has 0 heterocycles. The number of benzene rings is 2. The quantitative estimate of drug-likeness (QED) is 0.288. The largest absolute Gasteiger partial charge is 0.147 e. The van der Waals surface area contributed by atoms with E-state index in [9.17, 15) is 0 Å². The standard InChI is InChI=1S/C29H37.C13H8Cl2.C5H5.2ClH.Zr/c1-21-14-13-15-22-20-27(6)25(4)18-10-9-16-23(25,2)24(3)17-11-12-19-26(24,5)29(27,8)28(21,22)7;14-12-5-1-10(2-6-12)9-11-3-7-13(15)8-4-11;1-2-4-5-3-1;;;/h9-20,22H,1-8H3;1-8H;1-3H,4H2;2*1H;. The van der Waals surface area contributed by atoms with Crippen molar-refractivity contribution in [2.45, 2.75) is 65.4 Å². The summed E-state index contributed by atoms with van der Waals surface area (Å²) < 4.78 is 3.68. The van der Waals surface area contributed by atoms with Crippen molar-refractivity contribution >= 4 is 51.2 Å². The van der Waals surface area contributed by atoms with Crippen LogP contribution < -0.4 is 0 Å². The zero-order chi connectivity index (χ0) is 35.5.